The third-order valence-electron chi connectivity index (χ3n) is 7.98. The van der Waals surface area contributed by atoms with E-state index in [4.69, 9.17) is 15.5 Å². The normalized spacial score (nSPS) is 16.6. The van der Waals surface area contributed by atoms with Gasteiger partial charge in [0.1, 0.15) is 18.7 Å². The number of aliphatic hydroxyl groups is 1. The lowest BCUT2D eigenvalue weighted by Crippen LogP contribution is -2.44. The summed E-state index contributed by atoms with van der Waals surface area (Å²) in [7, 11) is 5.30. The number of benzene rings is 1. The highest BCUT2D eigenvalue weighted by molar-refractivity contribution is 5.96. The molecule has 4 aromatic heterocycles. The molecule has 7 rings (SSSR count). The molecule has 0 unspecified atom stereocenters. The highest BCUT2D eigenvalue weighted by Crippen LogP contribution is 2.39. The van der Waals surface area contributed by atoms with E-state index in [1.807, 2.05) is 25.1 Å². The van der Waals surface area contributed by atoms with Crippen LogP contribution in [0.15, 0.2) is 40.2 Å². The maximum atomic E-state index is 13.2. The number of phenols is 1. The summed E-state index contributed by atoms with van der Waals surface area (Å²) in [4.78, 5) is 58.2. The van der Waals surface area contributed by atoms with Crippen molar-refractivity contribution in [2.75, 3.05) is 14.1 Å². The Morgan fingerprint density at radius 1 is 1.20 bits per heavy atom. The Hall–Kier alpha value is -5.48. The first kappa shape index (κ1) is 29.6. The predicted molar refractivity (Wildman–Crippen MR) is 158 cm³/mol. The monoisotopic (exact) mass is 615 g/mol. The largest absolute Gasteiger partial charge is 0.508 e. The van der Waals surface area contributed by atoms with Gasteiger partial charge in [0.25, 0.3) is 11.5 Å². The summed E-state index contributed by atoms with van der Waals surface area (Å²) in [5, 5.41) is 29.3. The van der Waals surface area contributed by atoms with E-state index in [0.29, 0.717) is 41.1 Å². The van der Waals surface area contributed by atoms with Crippen molar-refractivity contribution in [2.45, 2.75) is 38.6 Å². The van der Waals surface area contributed by atoms with Crippen molar-refractivity contribution >= 4 is 28.4 Å². The zero-order valence-corrected chi connectivity index (χ0v) is 24.8. The lowest BCUT2D eigenvalue weighted by Gasteiger charge is -2.31. The molecule has 0 saturated heterocycles. The average Bonchev–Trinajstić information content (AvgIpc) is 3.60. The van der Waals surface area contributed by atoms with Crippen LogP contribution in [0.4, 0.5) is 0 Å². The van der Waals surface area contributed by atoms with E-state index < -0.39 is 23.2 Å². The Bertz CT molecular complexity index is 2180. The van der Waals surface area contributed by atoms with Crippen molar-refractivity contribution in [2.24, 2.45) is 12.8 Å². The number of aromatic hydroxyl groups is 1. The first-order valence-electron chi connectivity index (χ1n) is 13.9. The van der Waals surface area contributed by atoms with Crippen molar-refractivity contribution < 1.29 is 24.5 Å². The summed E-state index contributed by atoms with van der Waals surface area (Å²) in [5.74, 6) is -1.27. The Balaban J connectivity index is 0.000000213. The number of phenolic OH excluding ortho intramolecular Hbond substituents is 1. The van der Waals surface area contributed by atoms with Crippen LogP contribution >= 0.6 is 0 Å². The number of primary amides is 1. The van der Waals surface area contributed by atoms with Crippen molar-refractivity contribution in [1.82, 2.24) is 38.8 Å². The van der Waals surface area contributed by atoms with Gasteiger partial charge in [-0.2, -0.15) is 4.68 Å². The summed E-state index contributed by atoms with van der Waals surface area (Å²) < 4.78 is 8.85. The van der Waals surface area contributed by atoms with Gasteiger partial charge in [0.15, 0.2) is 16.9 Å². The second-order valence-corrected chi connectivity index (χ2v) is 11.1. The number of nitrogens with zero attached hydrogens (tertiary/aromatic N) is 8. The molecule has 1 amide bonds. The fourth-order valence-corrected chi connectivity index (χ4v) is 5.64. The Labute approximate surface area is 253 Å². The first-order valence-corrected chi connectivity index (χ1v) is 13.9. The summed E-state index contributed by atoms with van der Waals surface area (Å²) in [5.41, 5.74) is 6.63. The molecule has 4 N–H and O–H groups in total. The molecule has 0 saturated carbocycles. The molecule has 6 heterocycles. The van der Waals surface area contributed by atoms with Crippen molar-refractivity contribution in [3.8, 4) is 17.1 Å². The second kappa shape index (κ2) is 10.6. The van der Waals surface area contributed by atoms with Gasteiger partial charge in [-0.1, -0.05) is 12.1 Å². The molecule has 2 aliphatic rings. The molecule has 0 aliphatic carbocycles. The molecule has 16 heteroatoms. The number of hydrogen-bond acceptors (Lipinski definition) is 12. The molecule has 1 aromatic carbocycles. The molecule has 0 fully saturated rings. The number of carbonyl (C=O) groups excluding carboxylic acids is 2. The lowest BCUT2D eigenvalue weighted by molar-refractivity contribution is -0.172. The standard InChI is InChI=1S/C23H23N3O5.C6H6N6O2/c1-4-23(30)16-8-18-20-12(9-26(18)21(28)15(16)11-31-22(23)29)7-13-14(10-25(2)3)19(27)6-5-17(13)24-20;1-11-6(14)12-2-8-3(4(7)13)5(12)9-10-11/h5-8,27,30H,4,9-11H2,1-3H3;2H,1H3,(H2,7,13)/t23-;/m0./s1. The summed E-state index contributed by atoms with van der Waals surface area (Å²) in [6.07, 6.45) is 1.29. The van der Waals surface area contributed by atoms with E-state index in [1.54, 1.807) is 29.7 Å². The Kier molecular flexibility index (Phi) is 6.97. The predicted octanol–water partition coefficient (Wildman–Crippen LogP) is -0.231. The lowest BCUT2D eigenvalue weighted by atomic mass is 9.86. The highest BCUT2D eigenvalue weighted by Gasteiger charge is 2.45. The average molecular weight is 616 g/mol. The summed E-state index contributed by atoms with van der Waals surface area (Å²) in [6.45, 7) is 2.41. The highest BCUT2D eigenvalue weighted by atomic mass is 16.6. The van der Waals surface area contributed by atoms with Crippen LogP contribution in [0, 0.1) is 0 Å². The van der Waals surface area contributed by atoms with Crippen LogP contribution in [-0.2, 0) is 41.9 Å². The van der Waals surface area contributed by atoms with Gasteiger partial charge >= 0.3 is 11.7 Å². The molecule has 0 bridgehead atoms. The van der Waals surface area contributed by atoms with Gasteiger partial charge in [-0.05, 0) is 44.8 Å². The SMILES string of the molecule is CC[C@@]1(O)C(=O)OCc2c1cc1n(c2=O)Cc2cc3c(CN(C)C)c(O)ccc3nc2-1.Cn1nnc2c(C(N)=O)ncn2c1=O. The third kappa shape index (κ3) is 4.61. The van der Waals surface area contributed by atoms with E-state index >= 15 is 0 Å². The van der Waals surface area contributed by atoms with Crippen LogP contribution in [0.1, 0.15) is 46.1 Å². The number of nitrogens with two attached hydrogens (primary N) is 1. The number of hydrogen-bond donors (Lipinski definition) is 3. The number of aromatic nitrogens is 7. The van der Waals surface area contributed by atoms with Crippen LogP contribution in [0.5, 0.6) is 5.75 Å². The van der Waals surface area contributed by atoms with Gasteiger partial charge in [-0.25, -0.2) is 24.0 Å². The van der Waals surface area contributed by atoms with E-state index in [9.17, 15) is 29.4 Å². The summed E-state index contributed by atoms with van der Waals surface area (Å²) in [6, 6.07) is 7.05. The first-order chi connectivity index (χ1) is 21.3. The Morgan fingerprint density at radius 2 is 1.96 bits per heavy atom. The molecular formula is C29H29N9O7. The van der Waals surface area contributed by atoms with E-state index in [-0.39, 0.29) is 35.7 Å². The molecule has 2 aliphatic heterocycles. The smallest absolute Gasteiger partial charge is 0.352 e. The molecule has 232 valence electrons. The van der Waals surface area contributed by atoms with Crippen LogP contribution in [-0.4, -0.2) is 75.0 Å². The number of pyridine rings is 2. The number of amides is 1. The van der Waals surface area contributed by atoms with Crippen molar-refractivity contribution in [1.29, 1.82) is 0 Å². The zero-order valence-electron chi connectivity index (χ0n) is 24.8. The number of cyclic esters (lactones) is 1. The number of fused-ring (bicyclic) bond motifs is 6. The topological polar surface area (TPSA) is 213 Å². The number of carbonyl (C=O) groups is 2. The van der Waals surface area contributed by atoms with Gasteiger partial charge in [0, 0.05) is 35.7 Å². The molecule has 45 heavy (non-hydrogen) atoms. The number of imidazole rings is 1. The van der Waals surface area contributed by atoms with Crippen LogP contribution < -0.4 is 17.0 Å². The van der Waals surface area contributed by atoms with Crippen molar-refractivity contribution in [3.05, 3.63) is 79.4 Å². The third-order valence-corrected chi connectivity index (χ3v) is 7.98. The Morgan fingerprint density at radius 3 is 2.64 bits per heavy atom. The van der Waals surface area contributed by atoms with Gasteiger partial charge < -0.3 is 30.2 Å². The molecular weight excluding hydrogens is 586 g/mol. The fourth-order valence-electron chi connectivity index (χ4n) is 5.64. The van der Waals surface area contributed by atoms with Gasteiger partial charge in [0.05, 0.1) is 29.0 Å². The minimum atomic E-state index is -1.84. The fraction of sp³-hybridized carbons (Fsp3) is 0.310. The van der Waals surface area contributed by atoms with Crippen molar-refractivity contribution in [3.63, 3.8) is 0 Å². The molecule has 16 nitrogen and oxygen atoms in total. The van der Waals surface area contributed by atoms with E-state index in [1.165, 1.54) is 13.4 Å². The molecule has 0 spiro atoms. The molecule has 0 radical (unpaired) electrons. The van der Waals surface area contributed by atoms with Gasteiger partial charge in [-0.15, -0.1) is 5.10 Å². The maximum Gasteiger partial charge on any atom is 0.352 e. The van der Waals surface area contributed by atoms with Gasteiger partial charge in [0.2, 0.25) is 0 Å². The van der Waals surface area contributed by atoms with Crippen LogP contribution in [0.2, 0.25) is 0 Å². The van der Waals surface area contributed by atoms with Gasteiger partial charge in [-0.3, -0.25) is 9.59 Å². The quantitative estimate of drug-likeness (QED) is 0.219. The summed E-state index contributed by atoms with van der Waals surface area (Å²) >= 11 is 0. The minimum Gasteiger partial charge on any atom is -0.508 e. The minimum absolute atomic E-state index is 0.0600. The molecule has 5 aromatic rings. The molecule has 1 atom stereocenters. The van der Waals surface area contributed by atoms with Crippen LogP contribution in [0.25, 0.3) is 27.9 Å². The number of esters is 1. The zero-order chi connectivity index (χ0) is 32.4. The number of aryl methyl sites for hydroxylation is 1. The maximum absolute atomic E-state index is 13.2. The van der Waals surface area contributed by atoms with Crippen LogP contribution in [0.3, 0.4) is 0 Å². The number of rotatable bonds is 4. The number of ether oxygens (including phenoxy) is 1. The second-order valence-electron chi connectivity index (χ2n) is 11.1. The van der Waals surface area contributed by atoms with E-state index in [0.717, 1.165) is 25.6 Å². The van der Waals surface area contributed by atoms with E-state index in [2.05, 4.69) is 15.3 Å².